The average molecular weight is 377 g/mol. The summed E-state index contributed by atoms with van der Waals surface area (Å²) in [6.45, 7) is 2.11. The van der Waals surface area contributed by atoms with Gasteiger partial charge in [-0.05, 0) is 42.3 Å². The predicted molar refractivity (Wildman–Crippen MR) is 111 cm³/mol. The topological polar surface area (TPSA) is 72.5 Å². The molecule has 0 aliphatic rings. The Balaban J connectivity index is 1.74. The van der Waals surface area contributed by atoms with Crippen molar-refractivity contribution >= 4 is 23.1 Å². The van der Waals surface area contributed by atoms with E-state index in [9.17, 15) is 4.79 Å². The second-order valence-corrected chi connectivity index (χ2v) is 6.09. The Morgan fingerprint density at radius 3 is 2.50 bits per heavy atom. The largest absolute Gasteiger partial charge is 0.497 e. The number of rotatable bonds is 7. The predicted octanol–water partition coefficient (Wildman–Crippen LogP) is 4.66. The maximum atomic E-state index is 12.6. The van der Waals surface area contributed by atoms with Gasteiger partial charge in [-0.15, -0.1) is 0 Å². The minimum atomic E-state index is -0.278. The molecule has 1 aromatic heterocycles. The van der Waals surface area contributed by atoms with Gasteiger partial charge in [0.2, 0.25) is 0 Å². The normalized spacial score (nSPS) is 10.2. The number of carbonyl (C=O) groups is 1. The number of aryl methyl sites for hydroxylation is 1. The zero-order valence-electron chi connectivity index (χ0n) is 16.2. The molecular weight excluding hydrogens is 354 g/mol. The van der Waals surface area contributed by atoms with Gasteiger partial charge < -0.3 is 20.1 Å². The summed E-state index contributed by atoms with van der Waals surface area (Å²) in [6.07, 6.45) is 2.46. The van der Waals surface area contributed by atoms with E-state index in [1.165, 1.54) is 5.56 Å². The smallest absolute Gasteiger partial charge is 0.257 e. The highest BCUT2D eigenvalue weighted by Gasteiger charge is 2.12. The molecule has 0 aliphatic heterocycles. The molecule has 1 heterocycles. The Bertz CT molecular complexity index is 955. The molecule has 1 amide bonds. The van der Waals surface area contributed by atoms with Gasteiger partial charge >= 0.3 is 0 Å². The van der Waals surface area contributed by atoms with Crippen molar-refractivity contribution in [2.45, 2.75) is 13.3 Å². The molecule has 0 bridgehead atoms. The van der Waals surface area contributed by atoms with Crippen LogP contribution in [0.1, 0.15) is 22.8 Å². The van der Waals surface area contributed by atoms with Crippen LogP contribution < -0.4 is 20.1 Å². The number of anilines is 3. The third-order valence-corrected chi connectivity index (χ3v) is 4.34. The number of carbonyl (C=O) groups excluding carboxylic acids is 1. The molecule has 6 nitrogen and oxygen atoms in total. The minimum Gasteiger partial charge on any atom is -0.497 e. The first kappa shape index (κ1) is 19.2. The van der Waals surface area contributed by atoms with Crippen LogP contribution in [0.3, 0.4) is 0 Å². The van der Waals surface area contributed by atoms with Crippen molar-refractivity contribution in [3.63, 3.8) is 0 Å². The molecular formula is C22H23N3O3. The standard InChI is InChI=1S/C22H23N3O3/c1-4-15-7-5-6-8-18(15)24-21-12-9-16(14-23-21)22(26)25-19-13-17(27-2)10-11-20(19)28-3/h5-14H,4H2,1-3H3,(H,23,24)(H,25,26). The number of hydrogen-bond donors (Lipinski definition) is 2. The first-order valence-electron chi connectivity index (χ1n) is 8.99. The molecule has 28 heavy (non-hydrogen) atoms. The number of hydrogen-bond acceptors (Lipinski definition) is 5. The van der Waals surface area contributed by atoms with Crippen LogP contribution in [0.5, 0.6) is 11.5 Å². The lowest BCUT2D eigenvalue weighted by atomic mass is 10.1. The molecule has 0 radical (unpaired) electrons. The highest BCUT2D eigenvalue weighted by Crippen LogP contribution is 2.29. The van der Waals surface area contributed by atoms with Gasteiger partial charge in [-0.1, -0.05) is 25.1 Å². The average Bonchev–Trinajstić information content (AvgIpc) is 2.74. The second kappa shape index (κ2) is 8.90. The minimum absolute atomic E-state index is 0.278. The summed E-state index contributed by atoms with van der Waals surface area (Å²) in [5, 5.41) is 6.13. The lowest BCUT2D eigenvalue weighted by Crippen LogP contribution is -2.13. The van der Waals surface area contributed by atoms with E-state index in [2.05, 4.69) is 28.6 Å². The molecule has 0 unspecified atom stereocenters. The number of benzene rings is 2. The van der Waals surface area contributed by atoms with E-state index >= 15 is 0 Å². The van der Waals surface area contributed by atoms with E-state index in [4.69, 9.17) is 9.47 Å². The summed E-state index contributed by atoms with van der Waals surface area (Å²) < 4.78 is 10.5. The Hall–Kier alpha value is -3.54. The van der Waals surface area contributed by atoms with Crippen molar-refractivity contribution in [2.24, 2.45) is 0 Å². The molecule has 0 atom stereocenters. The fourth-order valence-electron chi connectivity index (χ4n) is 2.80. The van der Waals surface area contributed by atoms with Gasteiger partial charge in [0, 0.05) is 18.0 Å². The van der Waals surface area contributed by atoms with Crippen molar-refractivity contribution in [3.05, 3.63) is 71.9 Å². The van der Waals surface area contributed by atoms with Crippen LogP contribution in [0.4, 0.5) is 17.2 Å². The number of amides is 1. The van der Waals surface area contributed by atoms with Gasteiger partial charge in [-0.25, -0.2) is 4.98 Å². The van der Waals surface area contributed by atoms with Gasteiger partial charge in [0.15, 0.2) is 0 Å². The van der Waals surface area contributed by atoms with Gasteiger partial charge in [-0.3, -0.25) is 4.79 Å². The summed E-state index contributed by atoms with van der Waals surface area (Å²) in [4.78, 5) is 16.9. The highest BCUT2D eigenvalue weighted by atomic mass is 16.5. The molecule has 0 saturated heterocycles. The number of pyridine rings is 1. The van der Waals surface area contributed by atoms with E-state index in [1.54, 1.807) is 50.7 Å². The van der Waals surface area contributed by atoms with Crippen molar-refractivity contribution in [1.82, 2.24) is 4.98 Å². The first-order valence-corrected chi connectivity index (χ1v) is 8.99. The molecule has 3 rings (SSSR count). The second-order valence-electron chi connectivity index (χ2n) is 6.09. The number of aromatic nitrogens is 1. The molecule has 144 valence electrons. The first-order chi connectivity index (χ1) is 13.6. The van der Waals surface area contributed by atoms with E-state index in [0.29, 0.717) is 28.6 Å². The molecule has 2 N–H and O–H groups in total. The monoisotopic (exact) mass is 377 g/mol. The van der Waals surface area contributed by atoms with Gasteiger partial charge in [-0.2, -0.15) is 0 Å². The Kier molecular flexibility index (Phi) is 6.11. The molecule has 0 saturated carbocycles. The molecule has 2 aromatic carbocycles. The summed E-state index contributed by atoms with van der Waals surface area (Å²) >= 11 is 0. The van der Waals surface area contributed by atoms with E-state index in [-0.39, 0.29) is 5.91 Å². The van der Waals surface area contributed by atoms with Gasteiger partial charge in [0.25, 0.3) is 5.91 Å². The molecule has 0 fully saturated rings. The Morgan fingerprint density at radius 2 is 1.82 bits per heavy atom. The lowest BCUT2D eigenvalue weighted by Gasteiger charge is -2.12. The van der Waals surface area contributed by atoms with Crippen LogP contribution in [0, 0.1) is 0 Å². The van der Waals surface area contributed by atoms with Crippen molar-refractivity contribution in [2.75, 3.05) is 24.9 Å². The van der Waals surface area contributed by atoms with E-state index in [0.717, 1.165) is 12.1 Å². The van der Waals surface area contributed by atoms with Crippen LogP contribution in [0.25, 0.3) is 0 Å². The van der Waals surface area contributed by atoms with Gasteiger partial charge in [0.05, 0.1) is 25.5 Å². The Morgan fingerprint density at radius 1 is 1.00 bits per heavy atom. The zero-order valence-corrected chi connectivity index (χ0v) is 16.2. The number of methoxy groups -OCH3 is 2. The maximum absolute atomic E-state index is 12.6. The lowest BCUT2D eigenvalue weighted by molar-refractivity contribution is 0.102. The van der Waals surface area contributed by atoms with Crippen molar-refractivity contribution in [1.29, 1.82) is 0 Å². The molecule has 0 aliphatic carbocycles. The summed E-state index contributed by atoms with van der Waals surface area (Å²) in [5.74, 6) is 1.58. The van der Waals surface area contributed by atoms with Crippen LogP contribution in [0.15, 0.2) is 60.8 Å². The maximum Gasteiger partial charge on any atom is 0.257 e. The molecule has 6 heteroatoms. The molecule has 0 spiro atoms. The third kappa shape index (κ3) is 4.40. The summed E-state index contributed by atoms with van der Waals surface area (Å²) in [6, 6.07) is 16.8. The fourth-order valence-corrected chi connectivity index (χ4v) is 2.80. The zero-order chi connectivity index (χ0) is 19.9. The van der Waals surface area contributed by atoms with Crippen molar-refractivity contribution in [3.8, 4) is 11.5 Å². The number of ether oxygens (including phenoxy) is 2. The Labute approximate surface area is 164 Å². The van der Waals surface area contributed by atoms with Crippen LogP contribution >= 0.6 is 0 Å². The van der Waals surface area contributed by atoms with Crippen molar-refractivity contribution < 1.29 is 14.3 Å². The quantitative estimate of drug-likeness (QED) is 0.627. The summed E-state index contributed by atoms with van der Waals surface area (Å²) in [7, 11) is 3.12. The fraction of sp³-hybridized carbons (Fsp3) is 0.182. The highest BCUT2D eigenvalue weighted by molar-refractivity contribution is 6.05. The van der Waals surface area contributed by atoms with E-state index < -0.39 is 0 Å². The van der Waals surface area contributed by atoms with E-state index in [1.807, 2.05) is 18.2 Å². The van der Waals surface area contributed by atoms with Gasteiger partial charge in [0.1, 0.15) is 17.3 Å². The number of nitrogens with one attached hydrogen (secondary N) is 2. The van der Waals surface area contributed by atoms with Crippen LogP contribution in [0.2, 0.25) is 0 Å². The molecule has 3 aromatic rings. The summed E-state index contributed by atoms with van der Waals surface area (Å²) in [5.41, 5.74) is 3.19. The van der Waals surface area contributed by atoms with Crippen LogP contribution in [-0.2, 0) is 6.42 Å². The van der Waals surface area contributed by atoms with Crippen LogP contribution in [-0.4, -0.2) is 25.1 Å². The SMILES string of the molecule is CCc1ccccc1Nc1ccc(C(=O)Nc2cc(OC)ccc2OC)cn1. The third-order valence-electron chi connectivity index (χ3n) is 4.34. The number of para-hydroxylation sites is 1. The number of nitrogens with zero attached hydrogens (tertiary/aromatic N) is 1.